The lowest BCUT2D eigenvalue weighted by atomic mass is 10.3. The van der Waals surface area contributed by atoms with Gasteiger partial charge in [0.05, 0.1) is 6.20 Å². The van der Waals surface area contributed by atoms with Crippen molar-refractivity contribution in [3.63, 3.8) is 0 Å². The number of carbonyl (C=O) groups is 1. The Morgan fingerprint density at radius 2 is 2.54 bits per heavy atom. The Labute approximate surface area is 75.5 Å². The molecular weight excluding hydrogens is 170 g/mol. The summed E-state index contributed by atoms with van der Waals surface area (Å²) < 4.78 is 1.70. The molecule has 70 valence electrons. The molecule has 1 aromatic heterocycles. The van der Waals surface area contributed by atoms with Crippen LogP contribution in [0.4, 0.5) is 0 Å². The van der Waals surface area contributed by atoms with Gasteiger partial charge in [-0.15, -0.1) is 0 Å². The lowest BCUT2D eigenvalue weighted by Crippen LogP contribution is -2.08. The zero-order valence-electron chi connectivity index (χ0n) is 7.27. The van der Waals surface area contributed by atoms with Crippen LogP contribution in [0.2, 0.25) is 0 Å². The van der Waals surface area contributed by atoms with Gasteiger partial charge < -0.3 is 10.8 Å². The maximum Gasteiger partial charge on any atom is 0.351 e. The number of nitrogens with two attached hydrogens (primary N) is 1. The van der Waals surface area contributed by atoms with E-state index in [1.54, 1.807) is 17.1 Å². The van der Waals surface area contributed by atoms with Gasteiger partial charge in [0.15, 0.2) is 0 Å². The summed E-state index contributed by atoms with van der Waals surface area (Å²) in [6, 6.07) is 0. The van der Waals surface area contributed by atoms with Crippen molar-refractivity contribution < 1.29 is 9.90 Å². The molecule has 0 amide bonds. The maximum atomic E-state index is 10.4. The molecule has 0 spiro atoms. The topological polar surface area (TPSA) is 81.1 Å². The van der Waals surface area contributed by atoms with Crippen LogP contribution in [0.5, 0.6) is 0 Å². The number of nitrogens with zero attached hydrogens (tertiary/aromatic N) is 2. The second-order valence-electron chi connectivity index (χ2n) is 2.53. The molecular formula is C8H11N3O2. The van der Waals surface area contributed by atoms with Crippen molar-refractivity contribution in [3.05, 3.63) is 23.7 Å². The second-order valence-corrected chi connectivity index (χ2v) is 2.53. The van der Waals surface area contributed by atoms with E-state index in [-0.39, 0.29) is 5.70 Å². The minimum Gasteiger partial charge on any atom is -0.477 e. The highest BCUT2D eigenvalue weighted by molar-refractivity contribution is 5.90. The van der Waals surface area contributed by atoms with Crippen LogP contribution >= 0.6 is 0 Å². The van der Waals surface area contributed by atoms with Gasteiger partial charge in [0.25, 0.3) is 0 Å². The fourth-order valence-electron chi connectivity index (χ4n) is 0.868. The van der Waals surface area contributed by atoms with E-state index >= 15 is 0 Å². The van der Waals surface area contributed by atoms with E-state index in [0.29, 0.717) is 5.56 Å². The molecule has 1 heterocycles. The van der Waals surface area contributed by atoms with E-state index in [1.807, 2.05) is 6.92 Å². The Morgan fingerprint density at radius 3 is 3.00 bits per heavy atom. The highest BCUT2D eigenvalue weighted by Gasteiger charge is 2.01. The molecule has 0 atom stereocenters. The van der Waals surface area contributed by atoms with Gasteiger partial charge in [0, 0.05) is 18.3 Å². The molecule has 0 fully saturated rings. The number of aromatic nitrogens is 2. The maximum absolute atomic E-state index is 10.4. The van der Waals surface area contributed by atoms with Gasteiger partial charge in [0.2, 0.25) is 0 Å². The molecule has 0 aromatic carbocycles. The third kappa shape index (κ3) is 2.33. The van der Waals surface area contributed by atoms with Crippen molar-refractivity contribution in [2.45, 2.75) is 13.5 Å². The average Bonchev–Trinajstić information content (AvgIpc) is 2.52. The van der Waals surface area contributed by atoms with Gasteiger partial charge in [0.1, 0.15) is 5.70 Å². The van der Waals surface area contributed by atoms with Gasteiger partial charge in [-0.3, -0.25) is 4.68 Å². The number of carboxylic acids is 1. The number of hydrogen-bond donors (Lipinski definition) is 2. The van der Waals surface area contributed by atoms with Crippen molar-refractivity contribution in [1.82, 2.24) is 9.78 Å². The molecule has 1 rings (SSSR count). The van der Waals surface area contributed by atoms with Crippen LogP contribution in [0.25, 0.3) is 6.08 Å². The Morgan fingerprint density at radius 1 is 1.85 bits per heavy atom. The van der Waals surface area contributed by atoms with Crippen LogP contribution in [0.15, 0.2) is 18.1 Å². The largest absolute Gasteiger partial charge is 0.477 e. The molecule has 0 saturated heterocycles. The van der Waals surface area contributed by atoms with E-state index in [9.17, 15) is 4.79 Å². The molecule has 0 aliphatic rings. The number of aryl methyl sites for hydroxylation is 1. The van der Waals surface area contributed by atoms with E-state index < -0.39 is 5.97 Å². The highest BCUT2D eigenvalue weighted by atomic mass is 16.4. The van der Waals surface area contributed by atoms with Crippen molar-refractivity contribution in [1.29, 1.82) is 0 Å². The van der Waals surface area contributed by atoms with Crippen LogP contribution in [0.3, 0.4) is 0 Å². The normalized spacial score (nSPS) is 11.6. The summed E-state index contributed by atoms with van der Waals surface area (Å²) in [4.78, 5) is 10.4. The number of carboxylic acid groups (broad SMARTS) is 1. The predicted molar refractivity (Wildman–Crippen MR) is 47.7 cm³/mol. The van der Waals surface area contributed by atoms with Gasteiger partial charge >= 0.3 is 5.97 Å². The van der Waals surface area contributed by atoms with E-state index in [0.717, 1.165) is 6.54 Å². The summed E-state index contributed by atoms with van der Waals surface area (Å²) in [6.45, 7) is 2.70. The Kier molecular flexibility index (Phi) is 2.69. The van der Waals surface area contributed by atoms with Crippen LogP contribution in [-0.2, 0) is 11.3 Å². The van der Waals surface area contributed by atoms with Crippen molar-refractivity contribution in [3.8, 4) is 0 Å². The standard InChI is InChI=1S/C8H11N3O2/c1-2-11-5-6(4-10-11)3-7(9)8(12)13/h3-5H,2,9H2,1H3,(H,12,13)/b7-3+. The zero-order valence-corrected chi connectivity index (χ0v) is 7.27. The predicted octanol–water partition coefficient (Wildman–Crippen LogP) is 0.287. The molecule has 5 heteroatoms. The first kappa shape index (κ1) is 9.31. The SMILES string of the molecule is CCn1cc(/C=C(/N)C(=O)O)cn1. The number of rotatable bonds is 3. The summed E-state index contributed by atoms with van der Waals surface area (Å²) >= 11 is 0. The number of hydrogen-bond acceptors (Lipinski definition) is 3. The first-order chi connectivity index (χ1) is 6.13. The zero-order chi connectivity index (χ0) is 9.84. The quantitative estimate of drug-likeness (QED) is 0.656. The molecule has 0 radical (unpaired) electrons. The fraction of sp³-hybridized carbons (Fsp3) is 0.250. The molecule has 0 aliphatic heterocycles. The van der Waals surface area contributed by atoms with E-state index in [4.69, 9.17) is 10.8 Å². The Bertz CT molecular complexity index is 341. The minimum absolute atomic E-state index is 0.185. The molecule has 13 heavy (non-hydrogen) atoms. The van der Waals surface area contributed by atoms with Crippen molar-refractivity contribution in [2.75, 3.05) is 0 Å². The third-order valence-electron chi connectivity index (χ3n) is 1.55. The summed E-state index contributed by atoms with van der Waals surface area (Å²) in [5.41, 5.74) is 5.74. The summed E-state index contributed by atoms with van der Waals surface area (Å²) in [7, 11) is 0. The highest BCUT2D eigenvalue weighted by Crippen LogP contribution is 2.02. The molecule has 0 saturated carbocycles. The number of aliphatic carboxylic acids is 1. The summed E-state index contributed by atoms with van der Waals surface area (Å²) in [6.07, 6.45) is 4.68. The first-order valence-electron chi connectivity index (χ1n) is 3.86. The van der Waals surface area contributed by atoms with Gasteiger partial charge in [-0.05, 0) is 13.0 Å². The monoisotopic (exact) mass is 181 g/mol. The lowest BCUT2D eigenvalue weighted by Gasteiger charge is -1.91. The molecule has 3 N–H and O–H groups in total. The van der Waals surface area contributed by atoms with E-state index in [1.165, 1.54) is 6.08 Å². The smallest absolute Gasteiger partial charge is 0.351 e. The van der Waals surface area contributed by atoms with Crippen LogP contribution < -0.4 is 5.73 Å². The molecule has 0 unspecified atom stereocenters. The lowest BCUT2D eigenvalue weighted by molar-refractivity contribution is -0.132. The van der Waals surface area contributed by atoms with Crippen LogP contribution in [-0.4, -0.2) is 20.9 Å². The molecule has 1 aromatic rings. The molecule has 0 aliphatic carbocycles. The summed E-state index contributed by atoms with van der Waals surface area (Å²) in [5.74, 6) is -1.12. The van der Waals surface area contributed by atoms with E-state index in [2.05, 4.69) is 5.10 Å². The van der Waals surface area contributed by atoms with Gasteiger partial charge in [-0.2, -0.15) is 5.10 Å². The summed E-state index contributed by atoms with van der Waals surface area (Å²) in [5, 5.41) is 12.5. The second kappa shape index (κ2) is 3.75. The average molecular weight is 181 g/mol. The minimum atomic E-state index is -1.12. The van der Waals surface area contributed by atoms with Crippen molar-refractivity contribution >= 4 is 12.0 Å². The van der Waals surface area contributed by atoms with Crippen LogP contribution in [0.1, 0.15) is 12.5 Å². The fourth-order valence-corrected chi connectivity index (χ4v) is 0.868. The Hall–Kier alpha value is -1.78. The van der Waals surface area contributed by atoms with Gasteiger partial charge in [-0.1, -0.05) is 0 Å². The molecule has 0 bridgehead atoms. The van der Waals surface area contributed by atoms with Gasteiger partial charge in [-0.25, -0.2) is 4.79 Å². The first-order valence-corrected chi connectivity index (χ1v) is 3.86. The Balaban J connectivity index is 2.84. The third-order valence-corrected chi connectivity index (χ3v) is 1.55. The molecule has 5 nitrogen and oxygen atoms in total. The van der Waals surface area contributed by atoms with Crippen molar-refractivity contribution in [2.24, 2.45) is 5.73 Å². The van der Waals surface area contributed by atoms with Crippen LogP contribution in [0, 0.1) is 0 Å².